The van der Waals surface area contributed by atoms with Gasteiger partial charge in [0, 0.05) is 42.3 Å². The van der Waals surface area contributed by atoms with Gasteiger partial charge in [-0.05, 0) is 57.9 Å². The van der Waals surface area contributed by atoms with Gasteiger partial charge < -0.3 is 15.5 Å². The van der Waals surface area contributed by atoms with Gasteiger partial charge in [0.25, 0.3) is 0 Å². The average Bonchev–Trinajstić information content (AvgIpc) is 3.10. The maximum absolute atomic E-state index is 4.64. The van der Waals surface area contributed by atoms with E-state index in [2.05, 4.69) is 63.6 Å². The van der Waals surface area contributed by atoms with Crippen molar-refractivity contribution in [2.45, 2.75) is 52.5 Å². The molecule has 2 aromatic rings. The average molecular weight is 339 g/mol. The predicted octanol–water partition coefficient (Wildman–Crippen LogP) is 4.73. The lowest BCUT2D eigenvalue weighted by Crippen LogP contribution is -2.21. The molecular formula is C20H29N5. The van der Waals surface area contributed by atoms with Crippen LogP contribution in [0.2, 0.25) is 0 Å². The molecule has 25 heavy (non-hydrogen) atoms. The van der Waals surface area contributed by atoms with E-state index in [1.165, 1.54) is 31.4 Å². The van der Waals surface area contributed by atoms with Crippen LogP contribution in [0.25, 0.3) is 0 Å². The fourth-order valence-corrected chi connectivity index (χ4v) is 3.44. The van der Waals surface area contributed by atoms with Crippen molar-refractivity contribution in [3.8, 4) is 0 Å². The molecule has 5 heteroatoms. The fourth-order valence-electron chi connectivity index (χ4n) is 3.44. The minimum atomic E-state index is 0.517. The molecule has 1 aromatic carbocycles. The Morgan fingerprint density at radius 2 is 1.72 bits per heavy atom. The summed E-state index contributed by atoms with van der Waals surface area (Å²) in [6.45, 7) is 8.40. The van der Waals surface area contributed by atoms with E-state index in [0.29, 0.717) is 6.04 Å². The first-order valence-electron chi connectivity index (χ1n) is 9.42. The lowest BCUT2D eigenvalue weighted by Gasteiger charge is -2.21. The van der Waals surface area contributed by atoms with Crippen molar-refractivity contribution in [1.29, 1.82) is 0 Å². The Labute approximate surface area is 150 Å². The summed E-state index contributed by atoms with van der Waals surface area (Å²) in [6.07, 6.45) is 5.03. The third kappa shape index (κ3) is 4.62. The lowest BCUT2D eigenvalue weighted by atomic mass is 10.2. The zero-order valence-electron chi connectivity index (χ0n) is 15.5. The number of hydrogen-bond acceptors (Lipinski definition) is 5. The molecule has 1 aliphatic rings. The predicted molar refractivity (Wildman–Crippen MR) is 106 cm³/mol. The second-order valence-electron chi connectivity index (χ2n) is 6.69. The van der Waals surface area contributed by atoms with Gasteiger partial charge in [-0.25, -0.2) is 4.98 Å². The quantitative estimate of drug-likeness (QED) is 0.764. The summed E-state index contributed by atoms with van der Waals surface area (Å²) in [5.41, 5.74) is 3.26. The molecule has 1 saturated carbocycles. The summed E-state index contributed by atoms with van der Waals surface area (Å²) < 4.78 is 0. The monoisotopic (exact) mass is 339 g/mol. The van der Waals surface area contributed by atoms with Crippen LogP contribution in [0.15, 0.2) is 30.3 Å². The van der Waals surface area contributed by atoms with Crippen LogP contribution in [0.5, 0.6) is 0 Å². The van der Waals surface area contributed by atoms with Gasteiger partial charge >= 0.3 is 0 Å². The molecule has 3 rings (SSSR count). The second-order valence-corrected chi connectivity index (χ2v) is 6.69. The summed E-state index contributed by atoms with van der Waals surface area (Å²) in [5.74, 6) is 1.57. The molecule has 0 bridgehead atoms. The Bertz CT molecular complexity index is 673. The van der Waals surface area contributed by atoms with Crippen molar-refractivity contribution in [2.75, 3.05) is 28.6 Å². The number of hydrogen-bond donors (Lipinski definition) is 2. The van der Waals surface area contributed by atoms with Crippen molar-refractivity contribution >= 4 is 23.1 Å². The van der Waals surface area contributed by atoms with Gasteiger partial charge in [-0.15, -0.1) is 0 Å². The molecule has 134 valence electrons. The van der Waals surface area contributed by atoms with E-state index >= 15 is 0 Å². The lowest BCUT2D eigenvalue weighted by molar-refractivity contribution is 0.743. The van der Waals surface area contributed by atoms with Crippen LogP contribution in [0.3, 0.4) is 0 Å². The summed E-state index contributed by atoms with van der Waals surface area (Å²) in [4.78, 5) is 11.5. The highest BCUT2D eigenvalue weighted by molar-refractivity contribution is 5.61. The summed E-state index contributed by atoms with van der Waals surface area (Å²) in [5, 5.41) is 6.88. The van der Waals surface area contributed by atoms with Crippen molar-refractivity contribution in [3.05, 3.63) is 36.0 Å². The van der Waals surface area contributed by atoms with E-state index in [4.69, 9.17) is 0 Å². The highest BCUT2D eigenvalue weighted by Crippen LogP contribution is 2.23. The topological polar surface area (TPSA) is 53.1 Å². The first-order valence-corrected chi connectivity index (χ1v) is 9.42. The maximum atomic E-state index is 4.64. The number of aromatic nitrogens is 2. The number of benzene rings is 1. The third-order valence-electron chi connectivity index (χ3n) is 4.81. The summed E-state index contributed by atoms with van der Waals surface area (Å²) >= 11 is 0. The van der Waals surface area contributed by atoms with Crippen LogP contribution < -0.4 is 15.5 Å². The molecule has 0 spiro atoms. The molecule has 0 amide bonds. The SMILES string of the molecule is CCN(CC)c1ccc(Nc2cc(C)nc(NC3CCCC3)n2)cc1. The van der Waals surface area contributed by atoms with Crippen LogP contribution in [-0.4, -0.2) is 29.1 Å². The molecule has 0 saturated heterocycles. The van der Waals surface area contributed by atoms with E-state index < -0.39 is 0 Å². The zero-order chi connectivity index (χ0) is 17.6. The van der Waals surface area contributed by atoms with Crippen molar-refractivity contribution in [1.82, 2.24) is 9.97 Å². The van der Waals surface area contributed by atoms with Gasteiger partial charge in [0.05, 0.1) is 0 Å². The third-order valence-corrected chi connectivity index (χ3v) is 4.81. The highest BCUT2D eigenvalue weighted by atomic mass is 15.2. The number of nitrogens with zero attached hydrogens (tertiary/aromatic N) is 3. The van der Waals surface area contributed by atoms with Gasteiger partial charge in [0.2, 0.25) is 5.95 Å². The molecule has 1 fully saturated rings. The number of anilines is 4. The van der Waals surface area contributed by atoms with Gasteiger partial charge in [0.1, 0.15) is 5.82 Å². The summed E-state index contributed by atoms with van der Waals surface area (Å²) in [6, 6.07) is 11.0. The van der Waals surface area contributed by atoms with E-state index in [1.807, 2.05) is 13.0 Å². The molecular weight excluding hydrogens is 310 g/mol. The maximum Gasteiger partial charge on any atom is 0.225 e. The van der Waals surface area contributed by atoms with Crippen LogP contribution >= 0.6 is 0 Å². The smallest absolute Gasteiger partial charge is 0.225 e. The Morgan fingerprint density at radius 3 is 2.36 bits per heavy atom. The van der Waals surface area contributed by atoms with Crippen molar-refractivity contribution < 1.29 is 0 Å². The minimum Gasteiger partial charge on any atom is -0.372 e. The number of rotatable bonds is 7. The Kier molecular flexibility index (Phi) is 5.74. The van der Waals surface area contributed by atoms with E-state index in [1.54, 1.807) is 0 Å². The zero-order valence-corrected chi connectivity index (χ0v) is 15.5. The summed E-state index contributed by atoms with van der Waals surface area (Å²) in [7, 11) is 0. The second kappa shape index (κ2) is 8.19. The highest BCUT2D eigenvalue weighted by Gasteiger charge is 2.16. The Hall–Kier alpha value is -2.30. The molecule has 0 aliphatic heterocycles. The largest absolute Gasteiger partial charge is 0.372 e. The van der Waals surface area contributed by atoms with Gasteiger partial charge in [0.15, 0.2) is 0 Å². The Balaban J connectivity index is 1.70. The molecule has 0 atom stereocenters. The first-order chi connectivity index (χ1) is 12.2. The van der Waals surface area contributed by atoms with E-state index in [-0.39, 0.29) is 0 Å². The van der Waals surface area contributed by atoms with Crippen LogP contribution in [0.4, 0.5) is 23.1 Å². The van der Waals surface area contributed by atoms with Crippen LogP contribution in [0, 0.1) is 6.92 Å². The molecule has 1 aromatic heterocycles. The minimum absolute atomic E-state index is 0.517. The molecule has 5 nitrogen and oxygen atoms in total. The van der Waals surface area contributed by atoms with Gasteiger partial charge in [-0.3, -0.25) is 0 Å². The van der Waals surface area contributed by atoms with Crippen molar-refractivity contribution in [2.24, 2.45) is 0 Å². The van der Waals surface area contributed by atoms with Crippen LogP contribution in [-0.2, 0) is 0 Å². The molecule has 1 heterocycles. The molecule has 0 radical (unpaired) electrons. The number of aryl methyl sites for hydroxylation is 1. The van der Waals surface area contributed by atoms with Crippen LogP contribution in [0.1, 0.15) is 45.2 Å². The first kappa shape index (κ1) is 17.5. The Morgan fingerprint density at radius 1 is 1.04 bits per heavy atom. The van der Waals surface area contributed by atoms with E-state index in [0.717, 1.165) is 36.2 Å². The van der Waals surface area contributed by atoms with E-state index in [9.17, 15) is 0 Å². The molecule has 1 aliphatic carbocycles. The van der Waals surface area contributed by atoms with Crippen molar-refractivity contribution in [3.63, 3.8) is 0 Å². The number of nitrogens with one attached hydrogen (secondary N) is 2. The van der Waals surface area contributed by atoms with Gasteiger partial charge in [-0.1, -0.05) is 12.8 Å². The fraction of sp³-hybridized carbons (Fsp3) is 0.500. The van der Waals surface area contributed by atoms with Gasteiger partial charge in [-0.2, -0.15) is 4.98 Å². The standard InChI is InChI=1S/C20H29N5/c1-4-25(5-2)18-12-10-17(11-13-18)22-19-14-15(3)21-20(24-19)23-16-8-6-7-9-16/h10-14,16H,4-9H2,1-3H3,(H2,21,22,23,24). The normalized spacial score (nSPS) is 14.5. The molecule has 2 N–H and O–H groups in total. The molecule has 0 unspecified atom stereocenters.